The van der Waals surface area contributed by atoms with Crippen molar-refractivity contribution in [3.63, 3.8) is 0 Å². The second kappa shape index (κ2) is 6.24. The van der Waals surface area contributed by atoms with Gasteiger partial charge in [0.05, 0.1) is 10.0 Å². The quantitative estimate of drug-likeness (QED) is 0.752. The van der Waals surface area contributed by atoms with E-state index in [4.69, 9.17) is 27.9 Å². The van der Waals surface area contributed by atoms with Gasteiger partial charge in [-0.1, -0.05) is 30.1 Å². The molecule has 0 saturated carbocycles. The van der Waals surface area contributed by atoms with Crippen molar-refractivity contribution in [2.45, 2.75) is 13.3 Å². The van der Waals surface area contributed by atoms with Crippen LogP contribution in [0.4, 0.5) is 0 Å². The monoisotopic (exact) mass is 260 g/mol. The third-order valence-corrected chi connectivity index (χ3v) is 2.97. The first-order valence-corrected chi connectivity index (χ1v) is 5.77. The fraction of sp³-hybridized carbons (Fsp3) is 0.417. The van der Waals surface area contributed by atoms with Crippen LogP contribution in [0.2, 0.25) is 10.0 Å². The fourth-order valence-electron chi connectivity index (χ4n) is 1.45. The van der Waals surface area contributed by atoms with Crippen LogP contribution in [-0.4, -0.2) is 19.5 Å². The van der Waals surface area contributed by atoms with E-state index in [0.29, 0.717) is 28.6 Å². The van der Waals surface area contributed by atoms with E-state index in [1.807, 2.05) is 6.92 Å². The molecule has 16 heavy (non-hydrogen) atoms. The van der Waals surface area contributed by atoms with E-state index < -0.39 is 0 Å². The molecule has 0 aliphatic rings. The zero-order chi connectivity index (χ0) is 12.1. The van der Waals surface area contributed by atoms with Crippen LogP contribution in [0.5, 0.6) is 0 Å². The normalized spacial score (nSPS) is 12.5. The van der Waals surface area contributed by atoms with Crippen molar-refractivity contribution in [1.82, 2.24) is 0 Å². The van der Waals surface area contributed by atoms with Crippen LogP contribution in [0.15, 0.2) is 18.2 Å². The summed E-state index contributed by atoms with van der Waals surface area (Å²) in [5, 5.41) is 0.870. The van der Waals surface area contributed by atoms with Crippen molar-refractivity contribution in [1.29, 1.82) is 0 Å². The van der Waals surface area contributed by atoms with Gasteiger partial charge >= 0.3 is 0 Å². The van der Waals surface area contributed by atoms with Crippen molar-refractivity contribution < 1.29 is 9.53 Å². The Labute approximate surface area is 106 Å². The highest BCUT2D eigenvalue weighted by atomic mass is 35.5. The third kappa shape index (κ3) is 3.78. The third-order valence-electron chi connectivity index (χ3n) is 2.23. The first kappa shape index (κ1) is 13.5. The number of Topliss-reactive ketones (excluding diaryl/α,β-unsaturated/α-hetero) is 1. The molecular weight excluding hydrogens is 247 g/mol. The summed E-state index contributed by atoms with van der Waals surface area (Å²) >= 11 is 11.6. The number of hydrogen-bond acceptors (Lipinski definition) is 2. The number of hydrogen-bond donors (Lipinski definition) is 0. The van der Waals surface area contributed by atoms with E-state index in [-0.39, 0.29) is 11.7 Å². The van der Waals surface area contributed by atoms with Gasteiger partial charge in [0.25, 0.3) is 0 Å². The molecule has 0 bridgehead atoms. The second-order valence-corrected chi connectivity index (χ2v) is 4.63. The minimum Gasteiger partial charge on any atom is -0.384 e. The summed E-state index contributed by atoms with van der Waals surface area (Å²) < 4.78 is 4.98. The molecule has 4 heteroatoms. The summed E-state index contributed by atoms with van der Waals surface area (Å²) in [5.74, 6) is 0.259. The number of rotatable bonds is 5. The van der Waals surface area contributed by atoms with Gasteiger partial charge < -0.3 is 4.74 Å². The van der Waals surface area contributed by atoms with Crippen molar-refractivity contribution in [3.05, 3.63) is 33.8 Å². The van der Waals surface area contributed by atoms with Gasteiger partial charge in [-0.15, -0.1) is 0 Å². The highest BCUT2D eigenvalue weighted by molar-refractivity contribution is 6.42. The molecule has 0 aliphatic heterocycles. The molecule has 0 spiro atoms. The van der Waals surface area contributed by atoms with Crippen LogP contribution in [0.25, 0.3) is 0 Å². The number of carbonyl (C=O) groups is 1. The zero-order valence-corrected chi connectivity index (χ0v) is 10.8. The standard InChI is InChI=1S/C12H14Cl2O2/c1-8(7-16-2)5-12(15)9-3-4-10(13)11(14)6-9/h3-4,6,8H,5,7H2,1-2H3. The molecule has 0 radical (unpaired) electrons. The highest BCUT2D eigenvalue weighted by Crippen LogP contribution is 2.23. The van der Waals surface area contributed by atoms with E-state index in [1.54, 1.807) is 25.3 Å². The molecule has 0 fully saturated rings. The first-order valence-electron chi connectivity index (χ1n) is 5.01. The molecule has 1 aromatic carbocycles. The number of ether oxygens (including phenoxy) is 1. The smallest absolute Gasteiger partial charge is 0.163 e. The molecule has 0 aliphatic carbocycles. The van der Waals surface area contributed by atoms with Gasteiger partial charge in [0, 0.05) is 25.7 Å². The Morgan fingerprint density at radius 1 is 1.38 bits per heavy atom. The summed E-state index contributed by atoms with van der Waals surface area (Å²) in [6.07, 6.45) is 0.450. The minimum atomic E-state index is 0.0584. The maximum Gasteiger partial charge on any atom is 0.163 e. The Kier molecular flexibility index (Phi) is 5.26. The molecule has 0 amide bonds. The highest BCUT2D eigenvalue weighted by Gasteiger charge is 2.12. The predicted molar refractivity (Wildman–Crippen MR) is 66.4 cm³/mol. The van der Waals surface area contributed by atoms with Crippen molar-refractivity contribution >= 4 is 29.0 Å². The van der Waals surface area contributed by atoms with E-state index >= 15 is 0 Å². The Hall–Kier alpha value is -0.570. The van der Waals surface area contributed by atoms with Crippen LogP contribution in [0.1, 0.15) is 23.7 Å². The van der Waals surface area contributed by atoms with E-state index in [1.165, 1.54) is 0 Å². The lowest BCUT2D eigenvalue weighted by atomic mass is 10.0. The summed E-state index contributed by atoms with van der Waals surface area (Å²) in [6, 6.07) is 4.93. The minimum absolute atomic E-state index is 0.0584. The topological polar surface area (TPSA) is 26.3 Å². The average molecular weight is 261 g/mol. The van der Waals surface area contributed by atoms with Gasteiger partial charge in [-0.05, 0) is 24.1 Å². The van der Waals surface area contributed by atoms with Crippen molar-refractivity contribution in [2.24, 2.45) is 5.92 Å². The van der Waals surface area contributed by atoms with E-state index in [0.717, 1.165) is 0 Å². The summed E-state index contributed by atoms with van der Waals surface area (Å²) in [5.41, 5.74) is 0.595. The largest absolute Gasteiger partial charge is 0.384 e. The zero-order valence-electron chi connectivity index (χ0n) is 9.30. The summed E-state index contributed by atoms with van der Waals surface area (Å²) in [7, 11) is 1.63. The number of ketones is 1. The predicted octanol–water partition coefficient (Wildman–Crippen LogP) is 3.85. The lowest BCUT2D eigenvalue weighted by Crippen LogP contribution is -2.10. The Balaban J connectivity index is 2.69. The lowest BCUT2D eigenvalue weighted by molar-refractivity contribution is 0.0920. The van der Waals surface area contributed by atoms with Crippen molar-refractivity contribution in [2.75, 3.05) is 13.7 Å². The summed E-state index contributed by atoms with van der Waals surface area (Å²) in [6.45, 7) is 2.55. The van der Waals surface area contributed by atoms with Gasteiger partial charge in [0.1, 0.15) is 0 Å². The number of halogens is 2. The van der Waals surface area contributed by atoms with Crippen LogP contribution in [-0.2, 0) is 4.74 Å². The van der Waals surface area contributed by atoms with Gasteiger partial charge in [-0.3, -0.25) is 4.79 Å². The van der Waals surface area contributed by atoms with Crippen LogP contribution in [0.3, 0.4) is 0 Å². The lowest BCUT2D eigenvalue weighted by Gasteiger charge is -2.09. The molecule has 1 aromatic rings. The maximum absolute atomic E-state index is 11.8. The second-order valence-electron chi connectivity index (χ2n) is 3.82. The van der Waals surface area contributed by atoms with Gasteiger partial charge in [0.15, 0.2) is 5.78 Å². The van der Waals surface area contributed by atoms with Gasteiger partial charge in [-0.2, -0.15) is 0 Å². The molecule has 0 heterocycles. The van der Waals surface area contributed by atoms with Crippen LogP contribution in [0, 0.1) is 5.92 Å². The van der Waals surface area contributed by atoms with Crippen LogP contribution < -0.4 is 0 Å². The number of carbonyl (C=O) groups excluding carboxylic acids is 1. The SMILES string of the molecule is COCC(C)CC(=O)c1ccc(Cl)c(Cl)c1. The van der Waals surface area contributed by atoms with E-state index in [9.17, 15) is 4.79 Å². The molecule has 0 aromatic heterocycles. The number of methoxy groups -OCH3 is 1. The van der Waals surface area contributed by atoms with Gasteiger partial charge in [0.2, 0.25) is 0 Å². The molecular formula is C12H14Cl2O2. The molecule has 1 atom stereocenters. The summed E-state index contributed by atoms with van der Waals surface area (Å²) in [4.78, 5) is 11.8. The maximum atomic E-state index is 11.8. The van der Waals surface area contributed by atoms with Crippen molar-refractivity contribution in [3.8, 4) is 0 Å². The Morgan fingerprint density at radius 3 is 2.62 bits per heavy atom. The molecule has 1 rings (SSSR count). The molecule has 0 saturated heterocycles. The first-order chi connectivity index (χ1) is 7.54. The van der Waals surface area contributed by atoms with Gasteiger partial charge in [-0.25, -0.2) is 0 Å². The Bertz CT molecular complexity index is 377. The number of benzene rings is 1. The van der Waals surface area contributed by atoms with E-state index in [2.05, 4.69) is 0 Å². The average Bonchev–Trinajstić information content (AvgIpc) is 2.22. The molecule has 88 valence electrons. The Morgan fingerprint density at radius 2 is 2.06 bits per heavy atom. The van der Waals surface area contributed by atoms with Crippen LogP contribution >= 0.6 is 23.2 Å². The fourth-order valence-corrected chi connectivity index (χ4v) is 1.75. The molecule has 0 N–H and O–H groups in total. The molecule has 1 unspecified atom stereocenters. The molecule has 2 nitrogen and oxygen atoms in total.